The highest BCUT2D eigenvalue weighted by Gasteiger charge is 2.32. The van der Waals surface area contributed by atoms with Crippen molar-refractivity contribution in [3.05, 3.63) is 76.7 Å². The zero-order valence-electron chi connectivity index (χ0n) is 15.0. The lowest BCUT2D eigenvalue weighted by molar-refractivity contribution is -0.682. The van der Waals surface area contributed by atoms with Gasteiger partial charge in [-0.05, 0) is 37.3 Å². The van der Waals surface area contributed by atoms with Gasteiger partial charge in [0.2, 0.25) is 0 Å². The van der Waals surface area contributed by atoms with Gasteiger partial charge in [0.05, 0.1) is 11.8 Å². The van der Waals surface area contributed by atoms with E-state index in [-0.39, 0.29) is 24.2 Å². The summed E-state index contributed by atoms with van der Waals surface area (Å²) in [5.74, 6) is -0.214. The van der Waals surface area contributed by atoms with Crippen LogP contribution in [0.5, 0.6) is 0 Å². The van der Waals surface area contributed by atoms with E-state index in [2.05, 4.69) is 0 Å². The summed E-state index contributed by atoms with van der Waals surface area (Å²) in [5.41, 5.74) is 1.77. The molecule has 0 saturated carbocycles. The van der Waals surface area contributed by atoms with E-state index in [4.69, 9.17) is 11.6 Å². The number of nitrogens with two attached hydrogens (primary N) is 1. The Kier molecular flexibility index (Phi) is 5.99. The van der Waals surface area contributed by atoms with Gasteiger partial charge in [0.25, 0.3) is 5.91 Å². The Morgan fingerprint density at radius 2 is 1.85 bits per heavy atom. The summed E-state index contributed by atoms with van der Waals surface area (Å²) in [6.07, 6.45) is 1.59. The number of halogens is 1. The minimum Gasteiger partial charge on any atom is -0.333 e. The fourth-order valence-electron chi connectivity index (χ4n) is 3.11. The van der Waals surface area contributed by atoms with Gasteiger partial charge in [-0.1, -0.05) is 41.9 Å². The van der Waals surface area contributed by atoms with Crippen LogP contribution in [-0.4, -0.2) is 32.7 Å². The maximum atomic E-state index is 13.0. The van der Waals surface area contributed by atoms with Gasteiger partial charge in [0.1, 0.15) is 6.04 Å². The van der Waals surface area contributed by atoms with E-state index in [1.54, 1.807) is 11.0 Å². The monoisotopic (exact) mass is 405 g/mol. The SMILES string of the molecule is C[C@H]([NH2+]CC(=O)N(c1ccccc1)[C@@H]1C=CS(=O)(=O)C1)c1ccc(Cl)cc1. The highest BCUT2D eigenvalue weighted by atomic mass is 35.5. The number of hydrogen-bond donors (Lipinski definition) is 1. The van der Waals surface area contributed by atoms with Crippen molar-refractivity contribution in [1.29, 1.82) is 0 Å². The molecule has 0 saturated heterocycles. The Morgan fingerprint density at radius 3 is 2.44 bits per heavy atom. The van der Waals surface area contributed by atoms with Gasteiger partial charge in [-0.25, -0.2) is 8.42 Å². The Bertz CT molecular complexity index is 927. The van der Waals surface area contributed by atoms with Crippen molar-refractivity contribution in [2.24, 2.45) is 0 Å². The average Bonchev–Trinajstić information content (AvgIpc) is 3.00. The van der Waals surface area contributed by atoms with Gasteiger partial charge in [0.15, 0.2) is 16.4 Å². The Hall–Kier alpha value is -2.15. The number of quaternary nitrogens is 1. The third kappa shape index (κ3) is 4.97. The summed E-state index contributed by atoms with van der Waals surface area (Å²) in [4.78, 5) is 14.6. The largest absolute Gasteiger partial charge is 0.333 e. The number of sulfone groups is 1. The van der Waals surface area contributed by atoms with Gasteiger partial charge in [-0.3, -0.25) is 9.69 Å². The van der Waals surface area contributed by atoms with E-state index < -0.39 is 15.9 Å². The van der Waals surface area contributed by atoms with Crippen molar-refractivity contribution >= 4 is 33.0 Å². The number of amides is 1. The van der Waals surface area contributed by atoms with Crippen LogP contribution in [-0.2, 0) is 14.6 Å². The van der Waals surface area contributed by atoms with Gasteiger partial charge in [-0.15, -0.1) is 0 Å². The smallest absolute Gasteiger partial charge is 0.282 e. The van der Waals surface area contributed by atoms with Crippen molar-refractivity contribution in [2.45, 2.75) is 19.0 Å². The lowest BCUT2D eigenvalue weighted by Crippen LogP contribution is -2.87. The van der Waals surface area contributed by atoms with Crippen LogP contribution in [0.4, 0.5) is 5.69 Å². The molecule has 2 aromatic rings. The van der Waals surface area contributed by atoms with E-state index in [0.717, 1.165) is 5.56 Å². The van der Waals surface area contributed by atoms with E-state index in [1.807, 2.05) is 66.8 Å². The summed E-state index contributed by atoms with van der Waals surface area (Å²) in [7, 11) is -3.26. The molecule has 0 fully saturated rings. The van der Waals surface area contributed by atoms with Crippen LogP contribution in [0.25, 0.3) is 0 Å². The fourth-order valence-corrected chi connectivity index (χ4v) is 4.50. The maximum absolute atomic E-state index is 13.0. The van der Waals surface area contributed by atoms with Crippen molar-refractivity contribution in [3.63, 3.8) is 0 Å². The van der Waals surface area contributed by atoms with Crippen molar-refractivity contribution < 1.29 is 18.5 Å². The van der Waals surface area contributed by atoms with Crippen LogP contribution in [0.1, 0.15) is 18.5 Å². The Labute approximate surface area is 164 Å². The molecule has 1 aliphatic heterocycles. The average molecular weight is 406 g/mol. The molecule has 3 rings (SSSR count). The first-order valence-corrected chi connectivity index (χ1v) is 10.8. The van der Waals surface area contributed by atoms with Gasteiger partial charge in [0, 0.05) is 21.7 Å². The topological polar surface area (TPSA) is 71.1 Å². The maximum Gasteiger partial charge on any atom is 0.282 e. The molecule has 1 heterocycles. The number of para-hydroxylation sites is 1. The summed E-state index contributed by atoms with van der Waals surface area (Å²) in [6.45, 7) is 2.23. The molecule has 0 bridgehead atoms. The van der Waals surface area contributed by atoms with Crippen molar-refractivity contribution in [2.75, 3.05) is 17.2 Å². The molecule has 1 amide bonds. The molecular formula is C20H22ClN2O3S+. The normalized spacial score (nSPS) is 19.0. The lowest BCUT2D eigenvalue weighted by Gasteiger charge is -2.27. The first-order valence-electron chi connectivity index (χ1n) is 8.72. The van der Waals surface area contributed by atoms with Gasteiger partial charge >= 0.3 is 0 Å². The highest BCUT2D eigenvalue weighted by molar-refractivity contribution is 7.94. The molecule has 0 unspecified atom stereocenters. The Balaban J connectivity index is 1.73. The molecule has 2 atom stereocenters. The number of anilines is 1. The fraction of sp³-hybridized carbons (Fsp3) is 0.250. The molecule has 7 heteroatoms. The van der Waals surface area contributed by atoms with Crippen molar-refractivity contribution in [3.8, 4) is 0 Å². The first kappa shape index (κ1) is 19.6. The van der Waals surface area contributed by atoms with E-state index in [0.29, 0.717) is 10.7 Å². The lowest BCUT2D eigenvalue weighted by atomic mass is 10.1. The molecule has 2 N–H and O–H groups in total. The number of nitrogens with zero attached hydrogens (tertiary/aromatic N) is 1. The van der Waals surface area contributed by atoms with Gasteiger partial charge in [-0.2, -0.15) is 0 Å². The summed E-state index contributed by atoms with van der Waals surface area (Å²) in [5, 5.41) is 3.81. The minimum atomic E-state index is -3.26. The third-order valence-corrected chi connectivity index (χ3v) is 6.22. The molecule has 0 aliphatic carbocycles. The van der Waals surface area contributed by atoms with E-state index in [9.17, 15) is 13.2 Å². The highest BCUT2D eigenvalue weighted by Crippen LogP contribution is 2.22. The zero-order valence-corrected chi connectivity index (χ0v) is 16.5. The summed E-state index contributed by atoms with van der Waals surface area (Å²) in [6, 6.07) is 16.3. The predicted octanol–water partition coefficient (Wildman–Crippen LogP) is 2.31. The molecule has 0 radical (unpaired) electrons. The summed E-state index contributed by atoms with van der Waals surface area (Å²) < 4.78 is 23.7. The quantitative estimate of drug-likeness (QED) is 0.801. The Morgan fingerprint density at radius 1 is 1.19 bits per heavy atom. The summed E-state index contributed by atoms with van der Waals surface area (Å²) >= 11 is 5.92. The molecule has 2 aromatic carbocycles. The van der Waals surface area contributed by atoms with E-state index in [1.165, 1.54) is 5.41 Å². The van der Waals surface area contributed by atoms with E-state index >= 15 is 0 Å². The second-order valence-electron chi connectivity index (χ2n) is 6.60. The van der Waals surface area contributed by atoms with Gasteiger partial charge < -0.3 is 5.32 Å². The van der Waals surface area contributed by atoms with Crippen LogP contribution < -0.4 is 10.2 Å². The number of hydrogen-bond acceptors (Lipinski definition) is 3. The standard InChI is InChI=1S/C20H21ClN2O3S/c1-15(16-7-9-17(21)10-8-16)22-13-20(24)23(18-5-3-2-4-6-18)19-11-12-27(25,26)14-19/h2-12,15,19,22H,13-14H2,1H3/p+1/t15-,19+/m0/s1. The second-order valence-corrected chi connectivity index (χ2v) is 8.97. The first-order chi connectivity index (χ1) is 12.9. The van der Waals surface area contributed by atoms with Crippen LogP contribution in [0.15, 0.2) is 66.1 Å². The number of carbonyl (C=O) groups is 1. The van der Waals surface area contributed by atoms with Crippen LogP contribution in [0.2, 0.25) is 5.02 Å². The molecule has 0 aromatic heterocycles. The molecule has 5 nitrogen and oxygen atoms in total. The number of rotatable bonds is 6. The second kappa shape index (κ2) is 8.25. The zero-order chi connectivity index (χ0) is 19.4. The van der Waals surface area contributed by atoms with Crippen molar-refractivity contribution in [1.82, 2.24) is 0 Å². The number of carbonyl (C=O) groups excluding carboxylic acids is 1. The molecule has 0 spiro atoms. The minimum absolute atomic E-state index is 0.0756. The number of benzene rings is 2. The van der Waals surface area contributed by atoms with Crippen LogP contribution in [0.3, 0.4) is 0 Å². The molecule has 142 valence electrons. The molecule has 27 heavy (non-hydrogen) atoms. The molecule has 1 aliphatic rings. The third-order valence-electron chi connectivity index (χ3n) is 4.59. The van der Waals surface area contributed by atoms with Crippen LogP contribution >= 0.6 is 11.6 Å². The van der Waals surface area contributed by atoms with Crippen LogP contribution in [0, 0.1) is 0 Å². The predicted molar refractivity (Wildman–Crippen MR) is 107 cm³/mol. The molecular weight excluding hydrogens is 384 g/mol.